The van der Waals surface area contributed by atoms with Gasteiger partial charge in [-0.15, -0.1) is 11.3 Å². The summed E-state index contributed by atoms with van der Waals surface area (Å²) in [5.41, 5.74) is 0. The van der Waals surface area contributed by atoms with Crippen LogP contribution in [0.25, 0.3) is 0 Å². The number of hydrogen-bond donors (Lipinski definition) is 1. The van der Waals surface area contributed by atoms with Gasteiger partial charge in [0.05, 0.1) is 11.5 Å². The minimum Gasteiger partial charge on any atom is -0.391 e. The van der Waals surface area contributed by atoms with E-state index in [2.05, 4.69) is 0 Å². The van der Waals surface area contributed by atoms with Gasteiger partial charge < -0.3 is 5.11 Å². The number of hydrogen-bond acceptors (Lipinski definition) is 4. The second kappa shape index (κ2) is 5.91. The number of aliphatic hydroxyl groups is 1. The van der Waals surface area contributed by atoms with E-state index in [1.807, 2.05) is 6.92 Å². The number of rotatable bonds is 6. The molecule has 1 aromatic heterocycles. The van der Waals surface area contributed by atoms with Crippen LogP contribution < -0.4 is 0 Å². The summed E-state index contributed by atoms with van der Waals surface area (Å²) in [7, 11) is -3.41. The molecule has 0 radical (unpaired) electrons. The highest BCUT2D eigenvalue weighted by molar-refractivity contribution is 7.89. The highest BCUT2D eigenvalue weighted by Gasteiger charge is 2.30. The molecule has 4 nitrogen and oxygen atoms in total. The van der Waals surface area contributed by atoms with Crippen LogP contribution in [-0.2, 0) is 16.6 Å². The Labute approximate surface area is 119 Å². The molecule has 19 heavy (non-hydrogen) atoms. The summed E-state index contributed by atoms with van der Waals surface area (Å²) >= 11 is 1.35. The summed E-state index contributed by atoms with van der Waals surface area (Å²) in [6.07, 6.45) is 3.49. The van der Waals surface area contributed by atoms with Crippen molar-refractivity contribution in [3.8, 4) is 0 Å². The minimum absolute atomic E-state index is 0.101. The first-order valence-corrected chi connectivity index (χ1v) is 8.95. The van der Waals surface area contributed by atoms with Gasteiger partial charge in [0, 0.05) is 22.8 Å². The normalized spacial score (nSPS) is 16.8. The Hall–Kier alpha value is -0.430. The fourth-order valence-electron chi connectivity index (χ4n) is 2.36. The fraction of sp³-hybridized carbons (Fsp3) is 0.692. The molecule has 1 aliphatic rings. The van der Waals surface area contributed by atoms with Gasteiger partial charge in [0.15, 0.2) is 0 Å². The molecule has 0 saturated heterocycles. The third kappa shape index (κ3) is 3.02. The molecule has 1 fully saturated rings. The van der Waals surface area contributed by atoms with Gasteiger partial charge in [0.2, 0.25) is 10.0 Å². The second-order valence-electron chi connectivity index (χ2n) is 5.04. The molecule has 0 amide bonds. The van der Waals surface area contributed by atoms with Crippen LogP contribution in [-0.4, -0.2) is 30.9 Å². The van der Waals surface area contributed by atoms with Crippen molar-refractivity contribution < 1.29 is 13.5 Å². The summed E-state index contributed by atoms with van der Waals surface area (Å²) in [5, 5.41) is 9.13. The highest BCUT2D eigenvalue weighted by atomic mass is 32.2. The van der Waals surface area contributed by atoms with Gasteiger partial charge in [0.25, 0.3) is 0 Å². The van der Waals surface area contributed by atoms with Crippen molar-refractivity contribution in [1.29, 1.82) is 0 Å². The van der Waals surface area contributed by atoms with Crippen LogP contribution in [0.3, 0.4) is 0 Å². The maximum atomic E-state index is 12.6. The maximum Gasteiger partial charge on any atom is 0.244 e. The molecule has 0 spiro atoms. The molecule has 6 heteroatoms. The van der Waals surface area contributed by atoms with Gasteiger partial charge in [-0.2, -0.15) is 4.31 Å². The molecule has 0 aromatic carbocycles. The predicted octanol–water partition coefficient (Wildman–Crippen LogP) is 2.36. The zero-order valence-corrected chi connectivity index (χ0v) is 13.1. The van der Waals surface area contributed by atoms with Crippen molar-refractivity contribution in [2.75, 3.05) is 13.1 Å². The van der Waals surface area contributed by atoms with Gasteiger partial charge in [-0.25, -0.2) is 8.42 Å². The van der Waals surface area contributed by atoms with Crippen molar-refractivity contribution in [2.45, 2.75) is 44.6 Å². The number of sulfonamides is 1. The SMILES string of the molecule is CCN(CC1CCC1)S(=O)(=O)c1cc(CO)sc1C. The number of nitrogens with zero attached hydrogens (tertiary/aromatic N) is 1. The second-order valence-corrected chi connectivity index (χ2v) is 8.29. The largest absolute Gasteiger partial charge is 0.391 e. The average Bonchev–Trinajstić information content (AvgIpc) is 2.69. The van der Waals surface area contributed by atoms with Crippen molar-refractivity contribution in [3.63, 3.8) is 0 Å². The van der Waals surface area contributed by atoms with E-state index in [1.54, 1.807) is 17.3 Å². The molecular weight excluding hydrogens is 282 g/mol. The lowest BCUT2D eigenvalue weighted by Crippen LogP contribution is -2.37. The summed E-state index contributed by atoms with van der Waals surface area (Å²) in [6, 6.07) is 1.61. The quantitative estimate of drug-likeness (QED) is 0.877. The van der Waals surface area contributed by atoms with Crippen molar-refractivity contribution in [3.05, 3.63) is 15.8 Å². The lowest BCUT2D eigenvalue weighted by molar-refractivity contribution is 0.250. The molecule has 1 saturated carbocycles. The van der Waals surface area contributed by atoms with Gasteiger partial charge in [-0.05, 0) is 31.7 Å². The molecule has 1 aromatic rings. The Kier molecular flexibility index (Phi) is 4.66. The first kappa shape index (κ1) is 15.0. The standard InChI is InChI=1S/C13H21NO3S2/c1-3-14(8-11-5-4-6-11)19(16,17)13-7-12(9-15)18-10(13)2/h7,11,15H,3-6,8-9H2,1-2H3. The molecule has 0 bridgehead atoms. The monoisotopic (exact) mass is 303 g/mol. The van der Waals surface area contributed by atoms with E-state index in [9.17, 15) is 8.42 Å². The van der Waals surface area contributed by atoms with E-state index in [-0.39, 0.29) is 6.61 Å². The molecule has 2 rings (SSSR count). The van der Waals surface area contributed by atoms with Crippen LogP contribution in [0, 0.1) is 12.8 Å². The zero-order valence-electron chi connectivity index (χ0n) is 11.4. The van der Waals surface area contributed by atoms with Crippen LogP contribution >= 0.6 is 11.3 Å². The van der Waals surface area contributed by atoms with Crippen LogP contribution in [0.5, 0.6) is 0 Å². The molecule has 1 heterocycles. The fourth-order valence-corrected chi connectivity index (χ4v) is 5.35. The van der Waals surface area contributed by atoms with E-state index in [0.717, 1.165) is 17.7 Å². The lowest BCUT2D eigenvalue weighted by atomic mass is 9.85. The van der Waals surface area contributed by atoms with Crippen LogP contribution in [0.1, 0.15) is 35.9 Å². The van der Waals surface area contributed by atoms with E-state index in [4.69, 9.17) is 5.11 Å². The lowest BCUT2D eigenvalue weighted by Gasteiger charge is -2.31. The van der Waals surface area contributed by atoms with Crippen molar-refractivity contribution in [2.24, 2.45) is 5.92 Å². The first-order chi connectivity index (χ1) is 8.98. The Balaban J connectivity index is 2.24. The smallest absolute Gasteiger partial charge is 0.244 e. The molecule has 0 atom stereocenters. The third-order valence-corrected chi connectivity index (χ3v) is 6.97. The first-order valence-electron chi connectivity index (χ1n) is 6.69. The average molecular weight is 303 g/mol. The zero-order chi connectivity index (χ0) is 14.0. The minimum atomic E-state index is -3.41. The molecule has 0 aliphatic heterocycles. The van der Waals surface area contributed by atoms with E-state index in [1.165, 1.54) is 17.8 Å². The van der Waals surface area contributed by atoms with Gasteiger partial charge in [-0.3, -0.25) is 0 Å². The Morgan fingerprint density at radius 3 is 2.58 bits per heavy atom. The number of aryl methyl sites for hydroxylation is 1. The number of aliphatic hydroxyl groups excluding tert-OH is 1. The van der Waals surface area contributed by atoms with Crippen LogP contribution in [0.4, 0.5) is 0 Å². The molecule has 108 valence electrons. The van der Waals surface area contributed by atoms with Crippen LogP contribution in [0.2, 0.25) is 0 Å². The van der Waals surface area contributed by atoms with Crippen LogP contribution in [0.15, 0.2) is 11.0 Å². The topological polar surface area (TPSA) is 57.6 Å². The Morgan fingerprint density at radius 2 is 2.16 bits per heavy atom. The summed E-state index contributed by atoms with van der Waals surface area (Å²) in [4.78, 5) is 1.83. The molecular formula is C13H21NO3S2. The predicted molar refractivity (Wildman–Crippen MR) is 76.8 cm³/mol. The Morgan fingerprint density at radius 1 is 1.47 bits per heavy atom. The summed E-state index contributed by atoms with van der Waals surface area (Å²) < 4.78 is 26.9. The number of thiophene rings is 1. The third-order valence-electron chi connectivity index (χ3n) is 3.74. The molecule has 0 unspecified atom stereocenters. The van der Waals surface area contributed by atoms with E-state index < -0.39 is 10.0 Å². The van der Waals surface area contributed by atoms with Crippen molar-refractivity contribution >= 4 is 21.4 Å². The van der Waals surface area contributed by atoms with Gasteiger partial charge in [0.1, 0.15) is 0 Å². The van der Waals surface area contributed by atoms with E-state index in [0.29, 0.717) is 28.8 Å². The summed E-state index contributed by atoms with van der Waals surface area (Å²) in [5.74, 6) is 0.519. The molecule has 1 aliphatic carbocycles. The molecule has 1 N–H and O–H groups in total. The summed E-state index contributed by atoms with van der Waals surface area (Å²) in [6.45, 7) is 4.71. The highest BCUT2D eigenvalue weighted by Crippen LogP contribution is 2.32. The van der Waals surface area contributed by atoms with Crippen molar-refractivity contribution in [1.82, 2.24) is 4.31 Å². The van der Waals surface area contributed by atoms with Gasteiger partial charge in [-0.1, -0.05) is 13.3 Å². The Bertz CT molecular complexity index is 532. The van der Waals surface area contributed by atoms with Gasteiger partial charge >= 0.3 is 0 Å². The maximum absolute atomic E-state index is 12.6. The van der Waals surface area contributed by atoms with E-state index >= 15 is 0 Å².